The van der Waals surface area contributed by atoms with Gasteiger partial charge in [0, 0.05) is 31.5 Å². The van der Waals surface area contributed by atoms with E-state index in [0.29, 0.717) is 26.1 Å². The van der Waals surface area contributed by atoms with Crippen LogP contribution in [0.2, 0.25) is 5.02 Å². The van der Waals surface area contributed by atoms with Gasteiger partial charge < -0.3 is 9.30 Å². The summed E-state index contributed by atoms with van der Waals surface area (Å²) >= 11 is 5.79. The van der Waals surface area contributed by atoms with E-state index in [1.165, 1.54) is 10.8 Å². The van der Waals surface area contributed by atoms with Gasteiger partial charge in [0.2, 0.25) is 0 Å². The molecule has 1 aliphatic heterocycles. The summed E-state index contributed by atoms with van der Waals surface area (Å²) in [6.45, 7) is 1.11. The first-order valence-electron chi connectivity index (χ1n) is 5.23. The van der Waals surface area contributed by atoms with Crippen LogP contribution in [0.15, 0.2) is 17.1 Å². The first kappa shape index (κ1) is 12.1. The highest BCUT2D eigenvalue weighted by atomic mass is 35.5. The molecular weight excluding hydrogens is 248 g/mol. The van der Waals surface area contributed by atoms with Crippen LogP contribution < -0.4 is 5.56 Å². The predicted molar refractivity (Wildman–Crippen MR) is 61.5 cm³/mol. The van der Waals surface area contributed by atoms with Crippen LogP contribution >= 0.6 is 11.6 Å². The summed E-state index contributed by atoms with van der Waals surface area (Å²) in [6, 6.07) is 1.01. The Balaban J connectivity index is 2.46. The summed E-state index contributed by atoms with van der Waals surface area (Å²) in [7, 11) is 0. The van der Waals surface area contributed by atoms with E-state index >= 15 is 0 Å². The smallest absolute Gasteiger partial charge is 0.335 e. The summed E-state index contributed by atoms with van der Waals surface area (Å²) in [6.07, 6.45) is 2.78. The van der Waals surface area contributed by atoms with Crippen LogP contribution in [0, 0.1) is 10.1 Å². The second-order valence-electron chi connectivity index (χ2n) is 3.86. The molecule has 0 N–H and O–H groups in total. The van der Waals surface area contributed by atoms with E-state index in [4.69, 9.17) is 16.3 Å². The van der Waals surface area contributed by atoms with E-state index in [9.17, 15) is 14.9 Å². The van der Waals surface area contributed by atoms with Crippen molar-refractivity contribution < 1.29 is 9.66 Å². The Kier molecular flexibility index (Phi) is 3.44. The van der Waals surface area contributed by atoms with Gasteiger partial charge in [-0.3, -0.25) is 14.9 Å². The fraction of sp³-hybridized carbons (Fsp3) is 0.500. The Morgan fingerprint density at radius 1 is 1.47 bits per heavy atom. The van der Waals surface area contributed by atoms with E-state index in [-0.39, 0.29) is 11.1 Å². The fourth-order valence-electron chi connectivity index (χ4n) is 1.92. The Labute approximate surface area is 102 Å². The molecule has 1 aliphatic rings. The van der Waals surface area contributed by atoms with Crippen LogP contribution in [0.5, 0.6) is 0 Å². The summed E-state index contributed by atoms with van der Waals surface area (Å²) in [5.41, 5.74) is -1.09. The molecule has 2 heterocycles. The third-order valence-corrected chi connectivity index (χ3v) is 2.98. The molecule has 0 amide bonds. The highest BCUT2D eigenvalue weighted by Crippen LogP contribution is 2.22. The number of hydrogen-bond donors (Lipinski definition) is 0. The number of aromatic nitrogens is 1. The van der Waals surface area contributed by atoms with Crippen molar-refractivity contribution in [1.82, 2.24) is 4.57 Å². The number of ether oxygens (including phenoxy) is 1. The lowest BCUT2D eigenvalue weighted by Gasteiger charge is -2.24. The van der Waals surface area contributed by atoms with Crippen LogP contribution in [0.25, 0.3) is 0 Å². The monoisotopic (exact) mass is 258 g/mol. The van der Waals surface area contributed by atoms with E-state index < -0.39 is 16.2 Å². The van der Waals surface area contributed by atoms with E-state index in [1.807, 2.05) is 0 Å². The standard InChI is InChI=1S/C10H11ClN2O4/c11-7-5-9(13(15)16)10(14)12(6-7)8-1-3-17-4-2-8/h5-6,8H,1-4H2. The zero-order chi connectivity index (χ0) is 12.4. The number of nitro groups is 1. The van der Waals surface area contributed by atoms with Crippen LogP contribution in [0.3, 0.4) is 0 Å². The first-order chi connectivity index (χ1) is 8.09. The molecule has 92 valence electrons. The summed E-state index contributed by atoms with van der Waals surface area (Å²) in [5.74, 6) is 0. The molecule has 1 fully saturated rings. The van der Waals surface area contributed by atoms with Crippen LogP contribution in [0.1, 0.15) is 18.9 Å². The molecule has 0 bridgehead atoms. The van der Waals surface area contributed by atoms with Crippen molar-refractivity contribution in [3.05, 3.63) is 37.8 Å². The van der Waals surface area contributed by atoms with E-state index in [1.54, 1.807) is 0 Å². The van der Waals surface area contributed by atoms with E-state index in [2.05, 4.69) is 0 Å². The first-order valence-corrected chi connectivity index (χ1v) is 5.61. The van der Waals surface area contributed by atoms with Gasteiger partial charge in [-0.25, -0.2) is 0 Å². The second kappa shape index (κ2) is 4.85. The Bertz CT molecular complexity index is 494. The zero-order valence-electron chi connectivity index (χ0n) is 8.97. The minimum atomic E-state index is -0.704. The molecule has 6 nitrogen and oxygen atoms in total. The molecule has 0 spiro atoms. The van der Waals surface area contributed by atoms with Crippen molar-refractivity contribution in [2.24, 2.45) is 0 Å². The van der Waals surface area contributed by atoms with Crippen molar-refractivity contribution in [1.29, 1.82) is 0 Å². The number of hydrogen-bond acceptors (Lipinski definition) is 4. The van der Waals surface area contributed by atoms with Crippen molar-refractivity contribution in [3.63, 3.8) is 0 Å². The van der Waals surface area contributed by atoms with Gasteiger partial charge in [0.1, 0.15) is 0 Å². The van der Waals surface area contributed by atoms with Gasteiger partial charge >= 0.3 is 11.2 Å². The Morgan fingerprint density at radius 2 is 2.12 bits per heavy atom. The largest absolute Gasteiger partial charge is 0.381 e. The molecule has 1 aromatic heterocycles. The Hall–Kier alpha value is -1.40. The molecular formula is C10H11ClN2O4. The average Bonchev–Trinajstić information content (AvgIpc) is 2.32. The van der Waals surface area contributed by atoms with Gasteiger partial charge in [-0.1, -0.05) is 11.6 Å². The molecule has 1 aromatic rings. The van der Waals surface area contributed by atoms with Crippen LogP contribution in [-0.4, -0.2) is 22.7 Å². The molecule has 0 aromatic carbocycles. The molecule has 1 saturated heterocycles. The summed E-state index contributed by atoms with van der Waals surface area (Å²) < 4.78 is 6.54. The molecule has 2 rings (SSSR count). The number of halogens is 1. The number of rotatable bonds is 2. The van der Waals surface area contributed by atoms with Gasteiger partial charge in [-0.05, 0) is 12.8 Å². The maximum Gasteiger partial charge on any atom is 0.335 e. The average molecular weight is 259 g/mol. The zero-order valence-corrected chi connectivity index (χ0v) is 9.72. The van der Waals surface area contributed by atoms with E-state index in [0.717, 1.165) is 6.07 Å². The maximum atomic E-state index is 11.9. The fourth-order valence-corrected chi connectivity index (χ4v) is 2.13. The highest BCUT2D eigenvalue weighted by Gasteiger charge is 2.22. The number of pyridine rings is 1. The summed E-state index contributed by atoms with van der Waals surface area (Å²) in [4.78, 5) is 21.9. The van der Waals surface area contributed by atoms with Gasteiger partial charge in [0.25, 0.3) is 0 Å². The third kappa shape index (κ3) is 2.48. The number of nitrogens with zero attached hydrogens (tertiary/aromatic N) is 2. The minimum Gasteiger partial charge on any atom is -0.381 e. The molecule has 0 radical (unpaired) electrons. The normalized spacial score (nSPS) is 17.0. The molecule has 17 heavy (non-hydrogen) atoms. The maximum absolute atomic E-state index is 11.9. The Morgan fingerprint density at radius 3 is 2.71 bits per heavy atom. The quantitative estimate of drug-likeness (QED) is 0.598. The van der Waals surface area contributed by atoms with Gasteiger partial charge in [-0.15, -0.1) is 0 Å². The van der Waals surface area contributed by atoms with Crippen molar-refractivity contribution in [2.75, 3.05) is 13.2 Å². The SMILES string of the molecule is O=c1c([N+](=O)[O-])cc(Cl)cn1C1CCOCC1. The molecule has 0 saturated carbocycles. The molecule has 0 atom stereocenters. The lowest BCUT2D eigenvalue weighted by Crippen LogP contribution is -2.29. The van der Waals surface area contributed by atoms with Gasteiger partial charge in [0.15, 0.2) is 0 Å². The van der Waals surface area contributed by atoms with Gasteiger partial charge in [-0.2, -0.15) is 0 Å². The van der Waals surface area contributed by atoms with Crippen LogP contribution in [-0.2, 0) is 4.74 Å². The second-order valence-corrected chi connectivity index (χ2v) is 4.29. The molecule has 0 aliphatic carbocycles. The predicted octanol–water partition coefficient (Wildman–Crippen LogP) is 1.76. The third-order valence-electron chi connectivity index (χ3n) is 2.77. The lowest BCUT2D eigenvalue weighted by atomic mass is 10.1. The molecule has 0 unspecified atom stereocenters. The van der Waals surface area contributed by atoms with Crippen molar-refractivity contribution >= 4 is 17.3 Å². The topological polar surface area (TPSA) is 74.4 Å². The van der Waals surface area contributed by atoms with Gasteiger partial charge in [0.05, 0.1) is 9.95 Å². The highest BCUT2D eigenvalue weighted by molar-refractivity contribution is 6.30. The summed E-state index contributed by atoms with van der Waals surface area (Å²) in [5, 5.41) is 10.9. The lowest BCUT2D eigenvalue weighted by molar-refractivity contribution is -0.386. The van der Waals surface area contributed by atoms with Crippen molar-refractivity contribution in [3.8, 4) is 0 Å². The van der Waals surface area contributed by atoms with Crippen molar-refractivity contribution in [2.45, 2.75) is 18.9 Å². The molecule has 7 heteroatoms. The van der Waals surface area contributed by atoms with Crippen LogP contribution in [0.4, 0.5) is 5.69 Å². The minimum absolute atomic E-state index is 0.0753.